The third kappa shape index (κ3) is 1.83. The second kappa shape index (κ2) is 4.55. The van der Waals surface area contributed by atoms with E-state index >= 15 is 0 Å². The summed E-state index contributed by atoms with van der Waals surface area (Å²) in [5.41, 5.74) is 4.26. The standard InChI is InChI=1S/C14H17N3O/c1-10-2-4-11(5-3-10)14-16-12(9-18)13-8-15-6-7-17(13)14/h2-5,15,18H,6-9H2,1H3. The summed E-state index contributed by atoms with van der Waals surface area (Å²) in [6, 6.07) is 8.37. The van der Waals surface area contributed by atoms with Crippen molar-refractivity contribution in [2.75, 3.05) is 6.54 Å². The van der Waals surface area contributed by atoms with Crippen LogP contribution in [0.25, 0.3) is 11.4 Å². The van der Waals surface area contributed by atoms with Crippen LogP contribution in [0.3, 0.4) is 0 Å². The molecule has 1 aliphatic rings. The van der Waals surface area contributed by atoms with Crippen molar-refractivity contribution in [3.63, 3.8) is 0 Å². The van der Waals surface area contributed by atoms with E-state index in [1.165, 1.54) is 5.56 Å². The number of hydrogen-bond acceptors (Lipinski definition) is 3. The van der Waals surface area contributed by atoms with Crippen LogP contribution >= 0.6 is 0 Å². The zero-order valence-corrected chi connectivity index (χ0v) is 10.5. The van der Waals surface area contributed by atoms with E-state index in [1.54, 1.807) is 0 Å². The van der Waals surface area contributed by atoms with Gasteiger partial charge in [-0.15, -0.1) is 0 Å². The van der Waals surface area contributed by atoms with Gasteiger partial charge in [-0.2, -0.15) is 0 Å². The van der Waals surface area contributed by atoms with E-state index < -0.39 is 0 Å². The minimum Gasteiger partial charge on any atom is -0.390 e. The van der Waals surface area contributed by atoms with Crippen LogP contribution in [0, 0.1) is 6.92 Å². The molecule has 4 heteroatoms. The van der Waals surface area contributed by atoms with Gasteiger partial charge in [-0.05, 0) is 6.92 Å². The Balaban J connectivity index is 2.11. The lowest BCUT2D eigenvalue weighted by atomic mass is 10.1. The van der Waals surface area contributed by atoms with E-state index in [0.29, 0.717) is 0 Å². The topological polar surface area (TPSA) is 50.1 Å². The van der Waals surface area contributed by atoms with Gasteiger partial charge in [0.2, 0.25) is 0 Å². The summed E-state index contributed by atoms with van der Waals surface area (Å²) < 4.78 is 2.22. The molecule has 3 rings (SSSR count). The largest absolute Gasteiger partial charge is 0.390 e. The maximum absolute atomic E-state index is 9.39. The van der Waals surface area contributed by atoms with Gasteiger partial charge in [0.15, 0.2) is 0 Å². The molecule has 0 aliphatic carbocycles. The van der Waals surface area contributed by atoms with E-state index in [2.05, 4.69) is 46.1 Å². The highest BCUT2D eigenvalue weighted by Gasteiger charge is 2.19. The van der Waals surface area contributed by atoms with Gasteiger partial charge < -0.3 is 15.0 Å². The molecule has 0 bridgehead atoms. The van der Waals surface area contributed by atoms with Gasteiger partial charge in [0.05, 0.1) is 18.0 Å². The average molecular weight is 243 g/mol. The molecular formula is C14H17N3O. The molecule has 0 spiro atoms. The van der Waals surface area contributed by atoms with Gasteiger partial charge in [0, 0.05) is 25.2 Å². The lowest BCUT2D eigenvalue weighted by molar-refractivity contribution is 0.275. The first kappa shape index (κ1) is 11.4. The van der Waals surface area contributed by atoms with Crippen LogP contribution in [0.15, 0.2) is 24.3 Å². The van der Waals surface area contributed by atoms with Crippen LogP contribution in [-0.2, 0) is 19.7 Å². The number of aliphatic hydroxyl groups is 1. The third-order valence-electron chi connectivity index (χ3n) is 3.42. The van der Waals surface area contributed by atoms with E-state index in [4.69, 9.17) is 0 Å². The molecule has 0 atom stereocenters. The van der Waals surface area contributed by atoms with Gasteiger partial charge in [-0.1, -0.05) is 29.8 Å². The van der Waals surface area contributed by atoms with Gasteiger partial charge in [0.1, 0.15) is 5.82 Å². The molecule has 0 unspecified atom stereocenters. The van der Waals surface area contributed by atoms with Crippen molar-refractivity contribution in [3.8, 4) is 11.4 Å². The summed E-state index contributed by atoms with van der Waals surface area (Å²) >= 11 is 0. The zero-order chi connectivity index (χ0) is 12.5. The van der Waals surface area contributed by atoms with Gasteiger partial charge in [-0.3, -0.25) is 0 Å². The van der Waals surface area contributed by atoms with Gasteiger partial charge in [-0.25, -0.2) is 4.98 Å². The van der Waals surface area contributed by atoms with E-state index in [0.717, 1.165) is 42.4 Å². The lowest BCUT2D eigenvalue weighted by Gasteiger charge is -2.18. The SMILES string of the molecule is Cc1ccc(-c2nc(CO)c3n2CCNC3)cc1. The number of aryl methyl sites for hydroxylation is 1. The molecule has 0 saturated heterocycles. The monoisotopic (exact) mass is 243 g/mol. The first-order valence-electron chi connectivity index (χ1n) is 6.26. The summed E-state index contributed by atoms with van der Waals surface area (Å²) in [7, 11) is 0. The fraction of sp³-hybridized carbons (Fsp3) is 0.357. The van der Waals surface area contributed by atoms with Crippen LogP contribution in [0.4, 0.5) is 0 Å². The van der Waals surface area contributed by atoms with Crippen molar-refractivity contribution in [1.29, 1.82) is 0 Å². The normalized spacial score (nSPS) is 14.6. The third-order valence-corrected chi connectivity index (χ3v) is 3.42. The maximum Gasteiger partial charge on any atom is 0.140 e. The van der Waals surface area contributed by atoms with Crippen molar-refractivity contribution in [1.82, 2.24) is 14.9 Å². The molecule has 0 saturated carbocycles. The molecule has 2 N–H and O–H groups in total. The summed E-state index contributed by atoms with van der Waals surface area (Å²) in [5, 5.41) is 12.7. The fourth-order valence-electron chi connectivity index (χ4n) is 2.42. The fourth-order valence-corrected chi connectivity index (χ4v) is 2.42. The number of imidazole rings is 1. The van der Waals surface area contributed by atoms with Crippen molar-refractivity contribution in [2.24, 2.45) is 0 Å². The highest BCUT2D eigenvalue weighted by atomic mass is 16.3. The molecule has 94 valence electrons. The predicted octanol–water partition coefficient (Wildman–Crippen LogP) is 1.45. The van der Waals surface area contributed by atoms with Crippen molar-refractivity contribution in [3.05, 3.63) is 41.2 Å². The summed E-state index contributed by atoms with van der Waals surface area (Å²) in [5.74, 6) is 0.968. The summed E-state index contributed by atoms with van der Waals surface area (Å²) in [6.07, 6.45) is 0. The number of hydrogen-bond donors (Lipinski definition) is 2. The quantitative estimate of drug-likeness (QED) is 0.839. The molecule has 4 nitrogen and oxygen atoms in total. The molecule has 2 heterocycles. The highest BCUT2D eigenvalue weighted by Crippen LogP contribution is 2.24. The van der Waals surface area contributed by atoms with Crippen molar-refractivity contribution >= 4 is 0 Å². The Labute approximate surface area is 106 Å². The van der Waals surface area contributed by atoms with Crippen LogP contribution in [0.5, 0.6) is 0 Å². The predicted molar refractivity (Wildman–Crippen MR) is 70.0 cm³/mol. The maximum atomic E-state index is 9.39. The Morgan fingerprint density at radius 2 is 2.11 bits per heavy atom. The van der Waals surface area contributed by atoms with E-state index in [-0.39, 0.29) is 6.61 Å². The summed E-state index contributed by atoms with van der Waals surface area (Å²) in [6.45, 7) is 4.73. The molecule has 2 aromatic rings. The number of fused-ring (bicyclic) bond motifs is 1. The number of benzene rings is 1. The van der Waals surface area contributed by atoms with Crippen LogP contribution < -0.4 is 5.32 Å². The highest BCUT2D eigenvalue weighted by molar-refractivity contribution is 5.57. The Bertz CT molecular complexity index is 557. The number of nitrogens with zero attached hydrogens (tertiary/aromatic N) is 2. The Kier molecular flexibility index (Phi) is 2.89. The van der Waals surface area contributed by atoms with Gasteiger partial charge >= 0.3 is 0 Å². The smallest absolute Gasteiger partial charge is 0.140 e. The number of aliphatic hydroxyl groups excluding tert-OH is 1. The van der Waals surface area contributed by atoms with Gasteiger partial charge in [0.25, 0.3) is 0 Å². The molecule has 1 aliphatic heterocycles. The molecule has 1 aromatic heterocycles. The van der Waals surface area contributed by atoms with Crippen LogP contribution in [0.2, 0.25) is 0 Å². The number of aromatic nitrogens is 2. The first-order valence-corrected chi connectivity index (χ1v) is 6.26. The first-order chi connectivity index (χ1) is 8.79. The minimum absolute atomic E-state index is 0.00285. The van der Waals surface area contributed by atoms with Crippen molar-refractivity contribution in [2.45, 2.75) is 26.6 Å². The summed E-state index contributed by atoms with van der Waals surface area (Å²) in [4.78, 5) is 4.58. The second-order valence-electron chi connectivity index (χ2n) is 4.68. The Morgan fingerprint density at radius 1 is 1.33 bits per heavy atom. The lowest BCUT2D eigenvalue weighted by Crippen LogP contribution is -2.28. The van der Waals surface area contributed by atoms with E-state index in [9.17, 15) is 5.11 Å². The average Bonchev–Trinajstić information content (AvgIpc) is 2.79. The van der Waals surface area contributed by atoms with Crippen molar-refractivity contribution < 1.29 is 5.11 Å². The second-order valence-corrected chi connectivity index (χ2v) is 4.68. The number of nitrogens with one attached hydrogen (secondary N) is 1. The minimum atomic E-state index is 0.00285. The molecule has 0 radical (unpaired) electrons. The molecule has 0 amide bonds. The molecule has 1 aromatic carbocycles. The van der Waals surface area contributed by atoms with Crippen LogP contribution in [0.1, 0.15) is 17.0 Å². The Hall–Kier alpha value is -1.65. The zero-order valence-electron chi connectivity index (χ0n) is 10.5. The van der Waals surface area contributed by atoms with E-state index in [1.807, 2.05) is 0 Å². The number of rotatable bonds is 2. The van der Waals surface area contributed by atoms with Crippen LogP contribution in [-0.4, -0.2) is 21.2 Å². The molecule has 0 fully saturated rings. The molecule has 18 heavy (non-hydrogen) atoms. The Morgan fingerprint density at radius 3 is 2.83 bits per heavy atom. The molecular weight excluding hydrogens is 226 g/mol.